The lowest BCUT2D eigenvalue weighted by Gasteiger charge is -2.18. The van der Waals surface area contributed by atoms with E-state index in [-0.39, 0.29) is 27.9 Å². The molecule has 0 fully saturated rings. The molecule has 3 aromatic rings. The van der Waals surface area contributed by atoms with Gasteiger partial charge in [-0.05, 0) is 66.9 Å². The average molecular weight is 413 g/mol. The zero-order valence-corrected chi connectivity index (χ0v) is 16.8. The molecule has 4 rings (SSSR count). The maximum absolute atomic E-state index is 13.0. The monoisotopic (exact) mass is 413 g/mol. The fourth-order valence-corrected chi connectivity index (χ4v) is 3.46. The number of carboxylic acids is 1. The Morgan fingerprint density at radius 3 is 2.26 bits per heavy atom. The second kappa shape index (κ2) is 7.53. The highest BCUT2D eigenvalue weighted by Gasteiger charge is 2.38. The molecule has 0 atom stereocenters. The van der Waals surface area contributed by atoms with E-state index in [1.54, 1.807) is 18.2 Å². The predicted octanol–water partition coefficient (Wildman–Crippen LogP) is 2.72. The molecule has 3 amide bonds. The Morgan fingerprint density at radius 1 is 0.839 bits per heavy atom. The Kier molecular flexibility index (Phi) is 4.87. The Bertz CT molecular complexity index is 1280. The van der Waals surface area contributed by atoms with Crippen molar-refractivity contribution >= 4 is 35.1 Å². The lowest BCUT2D eigenvalue weighted by molar-refractivity contribution is -0.255. The fourth-order valence-electron chi connectivity index (χ4n) is 3.46. The van der Waals surface area contributed by atoms with Crippen LogP contribution in [0.3, 0.4) is 0 Å². The normalized spacial score (nSPS) is 12.6. The van der Waals surface area contributed by atoms with Crippen molar-refractivity contribution in [2.75, 3.05) is 10.2 Å². The van der Waals surface area contributed by atoms with Gasteiger partial charge in [-0.25, -0.2) is 4.90 Å². The number of carbonyl (C=O) groups excluding carboxylic acids is 4. The summed E-state index contributed by atoms with van der Waals surface area (Å²) in [6, 6.07) is 15.3. The molecule has 3 aromatic carbocycles. The number of amides is 3. The maximum Gasteiger partial charge on any atom is 0.266 e. The van der Waals surface area contributed by atoms with Crippen LogP contribution >= 0.6 is 0 Å². The van der Waals surface area contributed by atoms with Gasteiger partial charge >= 0.3 is 0 Å². The van der Waals surface area contributed by atoms with Crippen molar-refractivity contribution in [2.24, 2.45) is 0 Å². The summed E-state index contributed by atoms with van der Waals surface area (Å²) < 4.78 is 0. The van der Waals surface area contributed by atoms with E-state index in [9.17, 15) is 24.3 Å². The molecule has 1 N–H and O–H groups in total. The third-order valence-electron chi connectivity index (χ3n) is 5.28. The van der Waals surface area contributed by atoms with Gasteiger partial charge in [0.15, 0.2) is 0 Å². The van der Waals surface area contributed by atoms with Crippen molar-refractivity contribution in [3.05, 3.63) is 94.0 Å². The summed E-state index contributed by atoms with van der Waals surface area (Å²) in [7, 11) is 0. The molecule has 0 aromatic heterocycles. The van der Waals surface area contributed by atoms with Gasteiger partial charge in [0.05, 0.1) is 28.3 Å². The molecule has 154 valence electrons. The number of hydrogen-bond donors (Lipinski definition) is 1. The van der Waals surface area contributed by atoms with E-state index >= 15 is 0 Å². The molecule has 0 saturated carbocycles. The molecule has 31 heavy (non-hydrogen) atoms. The number of para-hydroxylation sites is 1. The van der Waals surface area contributed by atoms with E-state index in [0.29, 0.717) is 5.69 Å². The third-order valence-corrected chi connectivity index (χ3v) is 5.28. The quantitative estimate of drug-likeness (QED) is 0.662. The van der Waals surface area contributed by atoms with Crippen molar-refractivity contribution in [3.8, 4) is 0 Å². The van der Waals surface area contributed by atoms with Crippen LogP contribution in [0.15, 0.2) is 60.7 Å². The van der Waals surface area contributed by atoms with Crippen molar-refractivity contribution in [2.45, 2.75) is 13.8 Å². The summed E-state index contributed by atoms with van der Waals surface area (Å²) in [5, 5.41) is 13.9. The molecule has 1 aliphatic rings. The van der Waals surface area contributed by atoms with Crippen molar-refractivity contribution in [1.82, 2.24) is 0 Å². The van der Waals surface area contributed by atoms with Gasteiger partial charge in [0, 0.05) is 5.69 Å². The number of nitrogens with one attached hydrogen (secondary N) is 1. The number of fused-ring (bicyclic) bond motifs is 1. The number of imide groups is 1. The van der Waals surface area contributed by atoms with Crippen LogP contribution in [0.5, 0.6) is 0 Å². The highest BCUT2D eigenvalue weighted by molar-refractivity contribution is 6.35. The van der Waals surface area contributed by atoms with Gasteiger partial charge in [0.2, 0.25) is 0 Å². The number of carbonyl (C=O) groups is 4. The lowest BCUT2D eigenvalue weighted by Crippen LogP contribution is -2.31. The van der Waals surface area contributed by atoms with E-state index in [1.807, 2.05) is 26.0 Å². The van der Waals surface area contributed by atoms with Crippen LogP contribution in [0.2, 0.25) is 0 Å². The molecule has 7 heteroatoms. The van der Waals surface area contributed by atoms with Crippen LogP contribution in [0, 0.1) is 13.8 Å². The highest BCUT2D eigenvalue weighted by Crippen LogP contribution is 2.32. The molecular weight excluding hydrogens is 396 g/mol. The van der Waals surface area contributed by atoms with Gasteiger partial charge in [-0.1, -0.05) is 24.3 Å². The minimum absolute atomic E-state index is 0.0453. The second-order valence-electron chi connectivity index (χ2n) is 7.26. The van der Waals surface area contributed by atoms with Gasteiger partial charge in [0.25, 0.3) is 17.7 Å². The first-order valence-corrected chi connectivity index (χ1v) is 9.49. The van der Waals surface area contributed by atoms with E-state index < -0.39 is 23.7 Å². The summed E-state index contributed by atoms with van der Waals surface area (Å²) in [5.74, 6) is -3.26. The standard InChI is InChI=1S/C24H18N2O5/c1-13-7-9-16(11-14(13)2)25-21(27)18-5-3-4-6-20(18)26-22(28)17-10-8-15(24(30)31)12-19(17)23(26)29/h3-12H,1-2H3,(H,25,27)(H,30,31)/p-1. The number of hydrogen-bond acceptors (Lipinski definition) is 5. The SMILES string of the molecule is Cc1ccc(NC(=O)c2ccccc2N2C(=O)c3ccc(C(=O)[O-])cc3C2=O)cc1C. The molecular formula is C24H17N2O5-. The largest absolute Gasteiger partial charge is 0.545 e. The van der Waals surface area contributed by atoms with E-state index in [1.165, 1.54) is 24.3 Å². The molecule has 1 aliphatic heterocycles. The number of aryl methyl sites for hydroxylation is 2. The Balaban J connectivity index is 1.70. The number of aromatic carboxylic acids is 1. The Morgan fingerprint density at radius 2 is 1.55 bits per heavy atom. The third kappa shape index (κ3) is 3.46. The van der Waals surface area contributed by atoms with Crippen molar-refractivity contribution in [3.63, 3.8) is 0 Å². The molecule has 7 nitrogen and oxygen atoms in total. The zero-order valence-electron chi connectivity index (χ0n) is 16.8. The number of benzene rings is 3. The first-order chi connectivity index (χ1) is 14.8. The molecule has 0 radical (unpaired) electrons. The Hall–Kier alpha value is -4.26. The van der Waals surface area contributed by atoms with Gasteiger partial charge in [-0.2, -0.15) is 0 Å². The van der Waals surface area contributed by atoms with Crippen LogP contribution in [-0.4, -0.2) is 23.7 Å². The van der Waals surface area contributed by atoms with Gasteiger partial charge in [-0.15, -0.1) is 0 Å². The van der Waals surface area contributed by atoms with Gasteiger partial charge in [-0.3, -0.25) is 14.4 Å². The summed E-state index contributed by atoms with van der Waals surface area (Å²) in [5.41, 5.74) is 2.75. The zero-order chi connectivity index (χ0) is 22.3. The highest BCUT2D eigenvalue weighted by atomic mass is 16.4. The summed E-state index contributed by atoms with van der Waals surface area (Å²) in [6.07, 6.45) is 0. The number of carboxylic acid groups (broad SMARTS) is 1. The smallest absolute Gasteiger partial charge is 0.266 e. The first-order valence-electron chi connectivity index (χ1n) is 9.49. The number of anilines is 2. The lowest BCUT2D eigenvalue weighted by atomic mass is 10.1. The predicted molar refractivity (Wildman–Crippen MR) is 112 cm³/mol. The van der Waals surface area contributed by atoms with Gasteiger partial charge in [0.1, 0.15) is 0 Å². The van der Waals surface area contributed by atoms with Crippen LogP contribution in [0.1, 0.15) is 52.6 Å². The van der Waals surface area contributed by atoms with Crippen LogP contribution < -0.4 is 15.3 Å². The minimum Gasteiger partial charge on any atom is -0.545 e. The molecule has 0 unspecified atom stereocenters. The number of rotatable bonds is 4. The van der Waals surface area contributed by atoms with Crippen LogP contribution in [0.25, 0.3) is 0 Å². The van der Waals surface area contributed by atoms with Crippen LogP contribution in [0.4, 0.5) is 11.4 Å². The maximum atomic E-state index is 13.0. The molecule has 1 heterocycles. The summed E-state index contributed by atoms with van der Waals surface area (Å²) in [6.45, 7) is 3.89. The molecule has 0 aliphatic carbocycles. The number of nitrogens with zero attached hydrogens (tertiary/aromatic N) is 1. The first kappa shape index (κ1) is 20.0. The van der Waals surface area contributed by atoms with E-state index in [4.69, 9.17) is 0 Å². The molecule has 0 spiro atoms. The fraction of sp³-hybridized carbons (Fsp3) is 0.0833. The Labute approximate surface area is 177 Å². The minimum atomic E-state index is -1.45. The second-order valence-corrected chi connectivity index (χ2v) is 7.26. The van der Waals surface area contributed by atoms with Crippen LogP contribution in [-0.2, 0) is 0 Å². The van der Waals surface area contributed by atoms with Gasteiger partial charge < -0.3 is 15.2 Å². The summed E-state index contributed by atoms with van der Waals surface area (Å²) in [4.78, 5) is 50.9. The van der Waals surface area contributed by atoms with E-state index in [2.05, 4.69) is 5.32 Å². The molecule has 0 saturated heterocycles. The van der Waals surface area contributed by atoms with E-state index in [0.717, 1.165) is 22.1 Å². The van der Waals surface area contributed by atoms with Crippen molar-refractivity contribution < 1.29 is 24.3 Å². The summed E-state index contributed by atoms with van der Waals surface area (Å²) >= 11 is 0. The van der Waals surface area contributed by atoms with Crippen molar-refractivity contribution in [1.29, 1.82) is 0 Å². The topological polar surface area (TPSA) is 107 Å². The molecule has 0 bridgehead atoms. The average Bonchev–Trinajstić information content (AvgIpc) is 3.00.